The quantitative estimate of drug-likeness (QED) is 0.462. The molecule has 0 radical (unpaired) electrons. The lowest BCUT2D eigenvalue weighted by atomic mass is 10.1. The third-order valence-electron chi connectivity index (χ3n) is 3.24. The molecule has 0 atom stereocenters. The second-order valence-electron chi connectivity index (χ2n) is 5.01. The normalized spacial score (nSPS) is 9.78. The number of methoxy groups -OCH3 is 1. The Morgan fingerprint density at radius 1 is 1.04 bits per heavy atom. The number of benzene rings is 2. The maximum atomic E-state index is 11.3. The topological polar surface area (TPSA) is 35.5 Å². The van der Waals surface area contributed by atoms with E-state index in [9.17, 15) is 4.79 Å². The van der Waals surface area contributed by atoms with Crippen LogP contribution in [0.4, 0.5) is 0 Å². The summed E-state index contributed by atoms with van der Waals surface area (Å²) in [5.41, 5.74) is 2.61. The molecule has 2 rings (SSSR count). The Morgan fingerprint density at radius 2 is 1.78 bits per heavy atom. The number of ether oxygens (including phenoxy) is 2. The van der Waals surface area contributed by atoms with Crippen LogP contribution in [0.1, 0.15) is 34.3 Å². The van der Waals surface area contributed by atoms with E-state index in [1.807, 2.05) is 30.3 Å². The minimum absolute atomic E-state index is 0.333. The van der Waals surface area contributed by atoms with Gasteiger partial charge in [0.1, 0.15) is 0 Å². The molecular formula is C20H20O3. The van der Waals surface area contributed by atoms with Gasteiger partial charge in [0.05, 0.1) is 19.3 Å². The monoisotopic (exact) mass is 308 g/mol. The summed E-state index contributed by atoms with van der Waals surface area (Å²) in [6.45, 7) is 1.34. The summed E-state index contributed by atoms with van der Waals surface area (Å²) < 4.78 is 10.3. The fraction of sp³-hybridized carbons (Fsp3) is 0.250. The van der Waals surface area contributed by atoms with E-state index in [4.69, 9.17) is 4.74 Å². The summed E-state index contributed by atoms with van der Waals surface area (Å²) in [5.74, 6) is 5.86. The van der Waals surface area contributed by atoms with Crippen molar-refractivity contribution in [3.05, 3.63) is 71.3 Å². The highest BCUT2D eigenvalue weighted by Gasteiger charge is 2.02. The molecule has 0 amide bonds. The summed E-state index contributed by atoms with van der Waals surface area (Å²) in [7, 11) is 1.37. The zero-order valence-electron chi connectivity index (χ0n) is 13.2. The summed E-state index contributed by atoms with van der Waals surface area (Å²) in [4.78, 5) is 11.3. The van der Waals surface area contributed by atoms with Crippen molar-refractivity contribution in [2.75, 3.05) is 13.7 Å². The average Bonchev–Trinajstić information content (AvgIpc) is 2.61. The first-order valence-corrected chi connectivity index (χ1v) is 7.58. The van der Waals surface area contributed by atoms with Gasteiger partial charge in [-0.3, -0.25) is 0 Å². The third-order valence-corrected chi connectivity index (χ3v) is 3.24. The highest BCUT2D eigenvalue weighted by molar-refractivity contribution is 5.89. The lowest BCUT2D eigenvalue weighted by Gasteiger charge is -2.02. The third kappa shape index (κ3) is 5.98. The summed E-state index contributed by atoms with van der Waals surface area (Å²) in [6.07, 6.45) is 1.69. The molecule has 2 aromatic rings. The first kappa shape index (κ1) is 16.8. The largest absolute Gasteiger partial charge is 0.465 e. The van der Waals surface area contributed by atoms with Gasteiger partial charge in [0.15, 0.2) is 0 Å². The van der Waals surface area contributed by atoms with Crippen LogP contribution in [0.15, 0.2) is 54.6 Å². The maximum Gasteiger partial charge on any atom is 0.337 e. The minimum Gasteiger partial charge on any atom is -0.465 e. The number of unbranched alkanes of at least 4 members (excludes halogenated alkanes) is 1. The molecule has 0 spiro atoms. The van der Waals surface area contributed by atoms with E-state index in [1.54, 1.807) is 12.1 Å². The Bertz CT molecular complexity index is 664. The number of hydrogen-bond acceptors (Lipinski definition) is 3. The van der Waals surface area contributed by atoms with Gasteiger partial charge in [0.25, 0.3) is 0 Å². The molecule has 3 heteroatoms. The fourth-order valence-corrected chi connectivity index (χ4v) is 2.00. The highest BCUT2D eigenvalue weighted by atomic mass is 16.5. The molecule has 0 aliphatic rings. The predicted octanol–water partition coefficient (Wildman–Crippen LogP) is 3.82. The molecule has 0 bridgehead atoms. The van der Waals surface area contributed by atoms with Crippen molar-refractivity contribution in [1.29, 1.82) is 0 Å². The molecule has 0 fully saturated rings. The Morgan fingerprint density at radius 3 is 2.48 bits per heavy atom. The van der Waals surface area contributed by atoms with Crippen LogP contribution in [-0.2, 0) is 16.1 Å². The molecule has 2 aromatic carbocycles. The van der Waals surface area contributed by atoms with E-state index < -0.39 is 0 Å². The lowest BCUT2D eigenvalue weighted by molar-refractivity contribution is 0.0600. The second-order valence-corrected chi connectivity index (χ2v) is 5.01. The van der Waals surface area contributed by atoms with Crippen LogP contribution in [0.25, 0.3) is 0 Å². The van der Waals surface area contributed by atoms with Crippen LogP contribution >= 0.6 is 0 Å². The van der Waals surface area contributed by atoms with Crippen LogP contribution in [0.2, 0.25) is 0 Å². The molecule has 0 N–H and O–H groups in total. The number of carbonyl (C=O) groups is 1. The lowest BCUT2D eigenvalue weighted by Crippen LogP contribution is -2.00. The number of esters is 1. The van der Waals surface area contributed by atoms with Crippen LogP contribution in [0, 0.1) is 11.8 Å². The first-order valence-electron chi connectivity index (χ1n) is 7.58. The van der Waals surface area contributed by atoms with Crippen LogP contribution in [-0.4, -0.2) is 19.7 Å². The molecule has 23 heavy (non-hydrogen) atoms. The van der Waals surface area contributed by atoms with E-state index in [-0.39, 0.29) is 5.97 Å². The van der Waals surface area contributed by atoms with Crippen molar-refractivity contribution in [3.63, 3.8) is 0 Å². The van der Waals surface area contributed by atoms with Gasteiger partial charge in [-0.15, -0.1) is 0 Å². The number of carbonyl (C=O) groups excluding carboxylic acids is 1. The highest BCUT2D eigenvalue weighted by Crippen LogP contribution is 2.05. The molecule has 118 valence electrons. The Labute approximate surface area is 137 Å². The van der Waals surface area contributed by atoms with E-state index in [0.29, 0.717) is 18.8 Å². The zero-order valence-corrected chi connectivity index (χ0v) is 13.2. The van der Waals surface area contributed by atoms with Crippen LogP contribution in [0.5, 0.6) is 0 Å². The average molecular weight is 308 g/mol. The molecule has 0 saturated heterocycles. The van der Waals surface area contributed by atoms with E-state index >= 15 is 0 Å². The smallest absolute Gasteiger partial charge is 0.337 e. The second kappa shape index (κ2) is 9.45. The summed E-state index contributed by atoms with van der Waals surface area (Å²) >= 11 is 0. The SMILES string of the molecule is COC(=O)c1ccc(C#CCCCOCc2ccccc2)cc1. The number of rotatable bonds is 6. The van der Waals surface area contributed by atoms with E-state index in [1.165, 1.54) is 12.7 Å². The van der Waals surface area contributed by atoms with Crippen LogP contribution in [0.3, 0.4) is 0 Å². The minimum atomic E-state index is -0.333. The van der Waals surface area contributed by atoms with Gasteiger partial charge in [-0.2, -0.15) is 0 Å². The van der Waals surface area contributed by atoms with Gasteiger partial charge >= 0.3 is 5.97 Å². The zero-order chi connectivity index (χ0) is 16.3. The van der Waals surface area contributed by atoms with Crippen LogP contribution < -0.4 is 0 Å². The van der Waals surface area contributed by atoms with Gasteiger partial charge in [-0.05, 0) is 36.2 Å². The molecule has 0 saturated carbocycles. The summed E-state index contributed by atoms with van der Waals surface area (Å²) in [6, 6.07) is 17.2. The Kier molecular flexibility index (Phi) is 6.90. The van der Waals surface area contributed by atoms with Crippen molar-refractivity contribution >= 4 is 5.97 Å². The number of hydrogen-bond donors (Lipinski definition) is 0. The molecule has 3 nitrogen and oxygen atoms in total. The molecule has 0 heterocycles. The van der Waals surface area contributed by atoms with Crippen molar-refractivity contribution in [2.45, 2.75) is 19.4 Å². The predicted molar refractivity (Wildman–Crippen MR) is 90.0 cm³/mol. The molecule has 0 aromatic heterocycles. The van der Waals surface area contributed by atoms with Gasteiger partial charge < -0.3 is 9.47 Å². The van der Waals surface area contributed by atoms with Crippen molar-refractivity contribution in [3.8, 4) is 11.8 Å². The molecule has 0 aliphatic heterocycles. The Hall–Kier alpha value is -2.57. The van der Waals surface area contributed by atoms with Gasteiger partial charge in [0, 0.05) is 18.6 Å². The standard InChI is InChI=1S/C20H20O3/c1-22-20(21)19-13-11-17(12-14-19)8-6-3-7-15-23-16-18-9-4-2-5-10-18/h2,4-5,9-14H,3,7,15-16H2,1H3. The van der Waals surface area contributed by atoms with Gasteiger partial charge in [-0.25, -0.2) is 4.79 Å². The molecule has 0 aliphatic carbocycles. The van der Waals surface area contributed by atoms with Crippen molar-refractivity contribution in [1.82, 2.24) is 0 Å². The van der Waals surface area contributed by atoms with E-state index in [2.05, 4.69) is 28.7 Å². The Balaban J connectivity index is 1.66. The van der Waals surface area contributed by atoms with Gasteiger partial charge in [-0.1, -0.05) is 42.2 Å². The molecular weight excluding hydrogens is 288 g/mol. The van der Waals surface area contributed by atoms with Crippen molar-refractivity contribution in [2.24, 2.45) is 0 Å². The first-order chi connectivity index (χ1) is 11.3. The summed E-state index contributed by atoms with van der Waals surface area (Å²) in [5, 5.41) is 0. The van der Waals surface area contributed by atoms with Gasteiger partial charge in [0.2, 0.25) is 0 Å². The fourth-order valence-electron chi connectivity index (χ4n) is 2.00. The van der Waals surface area contributed by atoms with E-state index in [0.717, 1.165) is 18.4 Å². The maximum absolute atomic E-state index is 11.3. The van der Waals surface area contributed by atoms with Crippen molar-refractivity contribution < 1.29 is 14.3 Å². The molecule has 0 unspecified atom stereocenters.